The minimum Gasteiger partial charge on any atom is -0.456 e. The van der Waals surface area contributed by atoms with Crippen molar-refractivity contribution in [3.8, 4) is 44.5 Å². The lowest BCUT2D eigenvalue weighted by Crippen LogP contribution is -2.10. The van der Waals surface area contributed by atoms with Crippen LogP contribution in [0.2, 0.25) is 0 Å². The van der Waals surface area contributed by atoms with Crippen molar-refractivity contribution in [1.29, 1.82) is 0 Å². The Hall–Kier alpha value is -8.14. The number of nitrogens with zero attached hydrogens (tertiary/aromatic N) is 1. The van der Waals surface area contributed by atoms with E-state index in [0.29, 0.717) is 0 Å². The molecule has 0 spiro atoms. The van der Waals surface area contributed by atoms with Gasteiger partial charge in [-0.2, -0.15) is 0 Å². The average Bonchev–Trinajstić information content (AvgIpc) is 3.91. The maximum Gasteiger partial charge on any atom is 0.143 e. The lowest BCUT2D eigenvalue weighted by Gasteiger charge is -2.27. The Balaban J connectivity index is 1.01. The number of hydrogen-bond donors (Lipinski definition) is 0. The molecule has 0 unspecified atom stereocenters. The summed E-state index contributed by atoms with van der Waals surface area (Å²) < 4.78 is 13.0. The smallest absolute Gasteiger partial charge is 0.143 e. The van der Waals surface area contributed by atoms with Crippen LogP contribution in [-0.2, 0) is 0 Å². The van der Waals surface area contributed by atoms with Gasteiger partial charge in [-0.15, -0.1) is 0 Å². The van der Waals surface area contributed by atoms with Crippen LogP contribution in [0.3, 0.4) is 0 Å². The predicted molar refractivity (Wildman–Crippen MR) is 255 cm³/mol. The summed E-state index contributed by atoms with van der Waals surface area (Å²) in [6.07, 6.45) is 0. The van der Waals surface area contributed by atoms with Gasteiger partial charge < -0.3 is 13.7 Å². The van der Waals surface area contributed by atoms with E-state index in [1.165, 1.54) is 22.3 Å². The number of furan rings is 2. The summed E-state index contributed by atoms with van der Waals surface area (Å²) in [5.74, 6) is 0. The van der Waals surface area contributed by atoms with E-state index in [1.54, 1.807) is 0 Å². The first-order valence-corrected chi connectivity index (χ1v) is 20.7. The second kappa shape index (κ2) is 14.3. The quantitative estimate of drug-likeness (QED) is 0.161. The Morgan fingerprint density at radius 2 is 0.902 bits per heavy atom. The summed E-state index contributed by atoms with van der Waals surface area (Å²) in [4.78, 5) is 2.37. The summed E-state index contributed by atoms with van der Waals surface area (Å²) >= 11 is 0. The maximum atomic E-state index is 6.72. The van der Waals surface area contributed by atoms with Crippen molar-refractivity contribution in [2.24, 2.45) is 0 Å². The van der Waals surface area contributed by atoms with Gasteiger partial charge in [-0.1, -0.05) is 158 Å². The fourth-order valence-corrected chi connectivity index (χ4v) is 9.13. The zero-order valence-electron chi connectivity index (χ0n) is 33.1. The molecule has 0 aliphatic rings. The van der Waals surface area contributed by atoms with E-state index >= 15 is 0 Å². The van der Waals surface area contributed by atoms with E-state index in [9.17, 15) is 0 Å². The molecule has 61 heavy (non-hydrogen) atoms. The first-order valence-electron chi connectivity index (χ1n) is 20.7. The van der Waals surface area contributed by atoms with Crippen LogP contribution in [0, 0.1) is 0 Å². The molecule has 0 amide bonds. The molecule has 0 aliphatic heterocycles. The zero-order valence-corrected chi connectivity index (χ0v) is 33.1. The van der Waals surface area contributed by atoms with Crippen LogP contribution in [0.5, 0.6) is 0 Å². The van der Waals surface area contributed by atoms with Crippen LogP contribution >= 0.6 is 0 Å². The first kappa shape index (κ1) is 34.9. The molecule has 0 saturated heterocycles. The molecule has 3 heteroatoms. The number of hydrogen-bond acceptors (Lipinski definition) is 3. The van der Waals surface area contributed by atoms with E-state index in [4.69, 9.17) is 8.83 Å². The topological polar surface area (TPSA) is 29.5 Å². The molecule has 0 saturated carbocycles. The van der Waals surface area contributed by atoms with E-state index < -0.39 is 0 Å². The van der Waals surface area contributed by atoms with Crippen LogP contribution in [-0.4, -0.2) is 0 Å². The van der Waals surface area contributed by atoms with E-state index in [-0.39, 0.29) is 0 Å². The molecule has 0 bridgehead atoms. The number of anilines is 3. The van der Waals surface area contributed by atoms with Crippen molar-refractivity contribution in [3.63, 3.8) is 0 Å². The van der Waals surface area contributed by atoms with Crippen LogP contribution in [0.25, 0.3) is 99.2 Å². The largest absolute Gasteiger partial charge is 0.456 e. The number of benzene rings is 10. The molecule has 2 aromatic heterocycles. The highest BCUT2D eigenvalue weighted by atomic mass is 16.3. The van der Waals surface area contributed by atoms with Gasteiger partial charge in [0.25, 0.3) is 0 Å². The highest BCUT2D eigenvalue weighted by Crippen LogP contribution is 2.46. The van der Waals surface area contributed by atoms with Gasteiger partial charge in [-0.25, -0.2) is 0 Å². The second-order valence-corrected chi connectivity index (χ2v) is 15.6. The maximum absolute atomic E-state index is 6.72. The number of fused-ring (bicyclic) bond motifs is 8. The van der Waals surface area contributed by atoms with Crippen molar-refractivity contribution in [3.05, 3.63) is 224 Å². The standard InChI is InChI=1S/C58H37NO2/c1-3-13-39(14-4-1)47-32-28-43(36-52(47)40-15-5-2-6-16-40)38-25-30-45(31-26-38)59(53-22-12-24-55-57(53)51-34-27-41-17-7-8-20-48(41)58(51)61-55)46-19-11-18-42(35-46)44-29-33-50-49-21-9-10-23-54(49)60-56(50)37-44/h1-37H. The molecule has 0 atom stereocenters. The summed E-state index contributed by atoms with van der Waals surface area (Å²) in [6.45, 7) is 0. The third kappa shape index (κ3) is 5.98. The van der Waals surface area contributed by atoms with Crippen molar-refractivity contribution >= 4 is 71.7 Å². The average molecular weight is 780 g/mol. The number of rotatable bonds is 7. The SMILES string of the molecule is c1ccc(-c2ccc(-c3ccc(N(c4cccc(-c5ccc6c(c5)oc5ccccc56)c4)c4cccc5oc6c7ccccc7ccc6c45)cc3)cc2-c2ccccc2)cc1. The Kier molecular flexibility index (Phi) is 8.17. The van der Waals surface area contributed by atoms with Crippen LogP contribution in [0.15, 0.2) is 233 Å². The number of para-hydroxylation sites is 1. The molecule has 0 N–H and O–H groups in total. The third-order valence-corrected chi connectivity index (χ3v) is 12.1. The van der Waals surface area contributed by atoms with Gasteiger partial charge in [0.2, 0.25) is 0 Å². The van der Waals surface area contributed by atoms with Gasteiger partial charge in [-0.3, -0.25) is 0 Å². The molecule has 0 radical (unpaired) electrons. The summed E-state index contributed by atoms with van der Waals surface area (Å²) in [7, 11) is 0. The molecule has 0 aliphatic carbocycles. The molecule has 0 fully saturated rings. The predicted octanol–water partition coefficient (Wildman–Crippen LogP) is 16.8. The summed E-state index contributed by atoms with van der Waals surface area (Å²) in [5.41, 5.74) is 16.0. The van der Waals surface area contributed by atoms with E-state index in [2.05, 4.69) is 217 Å². The van der Waals surface area contributed by atoms with Crippen molar-refractivity contribution in [2.75, 3.05) is 4.90 Å². The molecule has 286 valence electrons. The molecule has 2 heterocycles. The Morgan fingerprint density at radius 3 is 1.74 bits per heavy atom. The van der Waals surface area contributed by atoms with Crippen LogP contribution in [0.1, 0.15) is 0 Å². The van der Waals surface area contributed by atoms with E-state index in [0.717, 1.165) is 94.0 Å². The molecular weight excluding hydrogens is 743 g/mol. The van der Waals surface area contributed by atoms with Gasteiger partial charge in [-0.05, 0) is 117 Å². The molecule has 12 rings (SSSR count). The third-order valence-electron chi connectivity index (χ3n) is 12.1. The Bertz CT molecular complexity index is 3580. The zero-order chi connectivity index (χ0) is 40.3. The van der Waals surface area contributed by atoms with Gasteiger partial charge in [0, 0.05) is 32.9 Å². The summed E-state index contributed by atoms with van der Waals surface area (Å²) in [5, 5.41) is 6.67. The first-order chi connectivity index (χ1) is 30.2. The van der Waals surface area contributed by atoms with E-state index in [1.807, 2.05) is 12.1 Å². The molecule has 12 aromatic rings. The molecule has 10 aromatic carbocycles. The molecular formula is C58H37NO2. The Morgan fingerprint density at radius 1 is 0.295 bits per heavy atom. The Labute approximate surface area is 353 Å². The second-order valence-electron chi connectivity index (χ2n) is 15.6. The highest BCUT2D eigenvalue weighted by Gasteiger charge is 2.21. The fraction of sp³-hybridized carbons (Fsp3) is 0. The van der Waals surface area contributed by atoms with Crippen LogP contribution in [0.4, 0.5) is 17.1 Å². The monoisotopic (exact) mass is 779 g/mol. The van der Waals surface area contributed by atoms with Gasteiger partial charge in [0.15, 0.2) is 0 Å². The lowest BCUT2D eigenvalue weighted by atomic mass is 9.91. The minimum absolute atomic E-state index is 0.851. The van der Waals surface area contributed by atoms with Gasteiger partial charge in [0.05, 0.1) is 11.1 Å². The van der Waals surface area contributed by atoms with Crippen LogP contribution < -0.4 is 4.90 Å². The van der Waals surface area contributed by atoms with Crippen molar-refractivity contribution in [2.45, 2.75) is 0 Å². The fourth-order valence-electron chi connectivity index (χ4n) is 9.13. The molecule has 3 nitrogen and oxygen atoms in total. The van der Waals surface area contributed by atoms with Crippen molar-refractivity contribution < 1.29 is 8.83 Å². The van der Waals surface area contributed by atoms with Gasteiger partial charge >= 0.3 is 0 Å². The van der Waals surface area contributed by atoms with Gasteiger partial charge in [0.1, 0.15) is 22.3 Å². The normalized spacial score (nSPS) is 11.6. The summed E-state index contributed by atoms with van der Waals surface area (Å²) in [6, 6.07) is 79.9. The lowest BCUT2D eigenvalue weighted by molar-refractivity contribution is 0.669. The van der Waals surface area contributed by atoms with Crippen molar-refractivity contribution in [1.82, 2.24) is 0 Å². The minimum atomic E-state index is 0.851. The highest BCUT2D eigenvalue weighted by molar-refractivity contribution is 6.19.